The van der Waals surface area contributed by atoms with Crippen LogP contribution in [-0.4, -0.2) is 82.3 Å². The summed E-state index contributed by atoms with van der Waals surface area (Å²) >= 11 is 0. The molecule has 0 aromatic heterocycles. The fourth-order valence-corrected chi connectivity index (χ4v) is 6.59. The van der Waals surface area contributed by atoms with Crippen LogP contribution >= 0.6 is 0 Å². The van der Waals surface area contributed by atoms with Crippen molar-refractivity contribution in [2.45, 2.75) is 77.2 Å². The lowest BCUT2D eigenvalue weighted by Crippen LogP contribution is -2.61. The molecule has 2 amide bonds. The van der Waals surface area contributed by atoms with Crippen molar-refractivity contribution in [1.29, 1.82) is 0 Å². The SMILES string of the molecule is C=CCOC(=O)[C@@H]1[C@H]2C(=O)N(CCO)C(C(=O)N(CC=C)C(C)(C)CC(C)(C)C)C23CC[C@H]1O3. The number of hydrogen-bond acceptors (Lipinski definition) is 6. The van der Waals surface area contributed by atoms with Gasteiger partial charge in [-0.2, -0.15) is 0 Å². The summed E-state index contributed by atoms with van der Waals surface area (Å²) in [5, 5.41) is 9.74. The van der Waals surface area contributed by atoms with Gasteiger partial charge in [0.2, 0.25) is 11.8 Å². The predicted octanol–water partition coefficient (Wildman–Crippen LogP) is 2.31. The van der Waals surface area contributed by atoms with Crippen LogP contribution in [0.5, 0.6) is 0 Å². The summed E-state index contributed by atoms with van der Waals surface area (Å²) in [7, 11) is 0. The van der Waals surface area contributed by atoms with Crippen molar-refractivity contribution >= 4 is 17.8 Å². The summed E-state index contributed by atoms with van der Waals surface area (Å²) in [6, 6.07) is -0.918. The van der Waals surface area contributed by atoms with Crippen molar-refractivity contribution in [2.75, 3.05) is 26.3 Å². The van der Waals surface area contributed by atoms with Gasteiger partial charge in [-0.1, -0.05) is 39.5 Å². The maximum absolute atomic E-state index is 14.3. The van der Waals surface area contributed by atoms with E-state index in [9.17, 15) is 19.5 Å². The number of aliphatic hydroxyl groups excluding tert-OH is 1. The summed E-state index contributed by atoms with van der Waals surface area (Å²) in [6.07, 6.45) is 4.50. The Morgan fingerprint density at radius 2 is 1.94 bits per heavy atom. The molecule has 34 heavy (non-hydrogen) atoms. The Morgan fingerprint density at radius 1 is 1.26 bits per heavy atom. The number of carbonyl (C=O) groups is 3. The van der Waals surface area contributed by atoms with Crippen molar-refractivity contribution in [3.63, 3.8) is 0 Å². The Kier molecular flexibility index (Phi) is 7.35. The first-order chi connectivity index (χ1) is 15.8. The van der Waals surface area contributed by atoms with E-state index in [1.165, 1.54) is 11.0 Å². The summed E-state index contributed by atoms with van der Waals surface area (Å²) in [5.41, 5.74) is -1.67. The van der Waals surface area contributed by atoms with Crippen molar-refractivity contribution in [3.05, 3.63) is 25.3 Å². The maximum atomic E-state index is 14.3. The monoisotopic (exact) mass is 476 g/mol. The van der Waals surface area contributed by atoms with Crippen LogP contribution in [-0.2, 0) is 23.9 Å². The Morgan fingerprint density at radius 3 is 2.50 bits per heavy atom. The molecule has 8 nitrogen and oxygen atoms in total. The largest absolute Gasteiger partial charge is 0.461 e. The van der Waals surface area contributed by atoms with E-state index >= 15 is 0 Å². The van der Waals surface area contributed by atoms with Crippen LogP contribution in [0.1, 0.15) is 53.9 Å². The van der Waals surface area contributed by atoms with Crippen LogP contribution in [0, 0.1) is 17.3 Å². The minimum absolute atomic E-state index is 0.00241. The first kappa shape index (κ1) is 26.4. The highest BCUT2D eigenvalue weighted by Crippen LogP contribution is 2.59. The summed E-state index contributed by atoms with van der Waals surface area (Å²) in [4.78, 5) is 44.0. The molecule has 3 rings (SSSR count). The fraction of sp³-hybridized carbons (Fsp3) is 0.731. The third kappa shape index (κ3) is 4.42. The quantitative estimate of drug-likeness (QED) is 0.384. The van der Waals surface area contributed by atoms with Gasteiger partial charge in [0.15, 0.2) is 0 Å². The Bertz CT molecular complexity index is 847. The van der Waals surface area contributed by atoms with E-state index in [1.54, 1.807) is 11.0 Å². The number of esters is 1. The van der Waals surface area contributed by atoms with Gasteiger partial charge in [-0.05, 0) is 38.5 Å². The number of ether oxygens (including phenoxy) is 2. The zero-order chi connectivity index (χ0) is 25.5. The fourth-order valence-electron chi connectivity index (χ4n) is 6.59. The van der Waals surface area contributed by atoms with Gasteiger partial charge in [0.1, 0.15) is 18.2 Å². The number of rotatable bonds is 10. The van der Waals surface area contributed by atoms with E-state index in [2.05, 4.69) is 33.9 Å². The molecule has 3 heterocycles. The second-order valence-corrected chi connectivity index (χ2v) is 11.5. The second-order valence-electron chi connectivity index (χ2n) is 11.5. The highest BCUT2D eigenvalue weighted by Gasteiger charge is 2.75. The van der Waals surface area contributed by atoms with Gasteiger partial charge < -0.3 is 24.4 Å². The van der Waals surface area contributed by atoms with Crippen LogP contribution in [0.3, 0.4) is 0 Å². The molecule has 0 aromatic carbocycles. The van der Waals surface area contributed by atoms with Crippen molar-refractivity contribution < 1.29 is 29.0 Å². The van der Waals surface area contributed by atoms with Gasteiger partial charge in [0.05, 0.1) is 24.5 Å². The number of amides is 2. The number of hydrogen-bond donors (Lipinski definition) is 1. The molecule has 8 heteroatoms. The molecule has 1 N–H and O–H groups in total. The molecule has 3 aliphatic heterocycles. The van der Waals surface area contributed by atoms with Crippen molar-refractivity contribution in [3.8, 4) is 0 Å². The smallest absolute Gasteiger partial charge is 0.312 e. The molecule has 3 aliphatic rings. The Labute approximate surface area is 202 Å². The maximum Gasteiger partial charge on any atom is 0.312 e. The number of aliphatic hydroxyl groups is 1. The van der Waals surface area contributed by atoms with Gasteiger partial charge in [-0.15, -0.1) is 6.58 Å². The lowest BCUT2D eigenvalue weighted by molar-refractivity contribution is -0.155. The first-order valence-corrected chi connectivity index (χ1v) is 12.1. The lowest BCUT2D eigenvalue weighted by atomic mass is 9.70. The highest BCUT2D eigenvalue weighted by molar-refractivity contribution is 5.98. The van der Waals surface area contributed by atoms with E-state index in [-0.39, 0.29) is 37.0 Å². The number of nitrogens with zero attached hydrogens (tertiary/aromatic N) is 2. The minimum atomic E-state index is -1.11. The zero-order valence-corrected chi connectivity index (χ0v) is 21.2. The highest BCUT2D eigenvalue weighted by atomic mass is 16.6. The van der Waals surface area contributed by atoms with E-state index in [1.807, 2.05) is 13.8 Å². The van der Waals surface area contributed by atoms with Gasteiger partial charge in [0, 0.05) is 18.6 Å². The van der Waals surface area contributed by atoms with Crippen molar-refractivity contribution in [2.24, 2.45) is 17.3 Å². The molecule has 190 valence electrons. The molecule has 0 aliphatic carbocycles. The topological polar surface area (TPSA) is 96.4 Å². The van der Waals surface area contributed by atoms with E-state index in [4.69, 9.17) is 9.47 Å². The summed E-state index contributed by atoms with van der Waals surface area (Å²) < 4.78 is 11.7. The number of carbonyl (C=O) groups excluding carboxylic acids is 3. The van der Waals surface area contributed by atoms with Crippen LogP contribution in [0.25, 0.3) is 0 Å². The third-order valence-corrected chi connectivity index (χ3v) is 7.26. The standard InChI is InChI=1S/C26H40N2O6/c1-8-12-28(25(6,7)16-24(3,4)5)22(31)20-26-11-10-17(34-26)18(23(32)33-15-9-2)19(26)21(30)27(20)13-14-29/h8-9,17-20,29H,1-2,10-16H2,3-7H3/t17-,18+,19+,20?,26?/m1/s1. The molecule has 0 aromatic rings. The normalized spacial score (nSPS) is 30.3. The minimum Gasteiger partial charge on any atom is -0.461 e. The van der Waals surface area contributed by atoms with E-state index in [0.29, 0.717) is 19.4 Å². The van der Waals surface area contributed by atoms with Crippen LogP contribution < -0.4 is 0 Å². The molecule has 3 fully saturated rings. The average Bonchev–Trinajstić information content (AvgIpc) is 3.36. The van der Waals surface area contributed by atoms with Gasteiger partial charge in [-0.3, -0.25) is 14.4 Å². The van der Waals surface area contributed by atoms with Gasteiger partial charge in [-0.25, -0.2) is 0 Å². The number of β-amino-alcohol motifs (C(OH)–C–C–N with tert-alkyl or cyclic N) is 1. The molecule has 3 saturated heterocycles. The predicted molar refractivity (Wildman–Crippen MR) is 128 cm³/mol. The molecular weight excluding hydrogens is 436 g/mol. The van der Waals surface area contributed by atoms with Crippen LogP contribution in [0.4, 0.5) is 0 Å². The zero-order valence-electron chi connectivity index (χ0n) is 21.2. The van der Waals surface area contributed by atoms with Gasteiger partial charge >= 0.3 is 5.97 Å². The first-order valence-electron chi connectivity index (χ1n) is 12.1. The molecule has 1 spiro atoms. The van der Waals surface area contributed by atoms with Crippen molar-refractivity contribution in [1.82, 2.24) is 9.80 Å². The second kappa shape index (κ2) is 9.46. The van der Waals surface area contributed by atoms with Crippen LogP contribution in [0.2, 0.25) is 0 Å². The lowest BCUT2D eigenvalue weighted by Gasteiger charge is -2.45. The molecule has 5 atom stereocenters. The van der Waals surface area contributed by atoms with E-state index in [0.717, 1.165) is 6.42 Å². The average molecular weight is 477 g/mol. The Balaban J connectivity index is 2.03. The molecular formula is C26H40N2O6. The molecule has 2 bridgehead atoms. The number of fused-ring (bicyclic) bond motifs is 1. The van der Waals surface area contributed by atoms with E-state index < -0.39 is 41.1 Å². The molecule has 0 saturated carbocycles. The van der Waals surface area contributed by atoms with Crippen LogP contribution in [0.15, 0.2) is 25.3 Å². The Hall–Kier alpha value is -2.19. The molecule has 0 radical (unpaired) electrons. The summed E-state index contributed by atoms with van der Waals surface area (Å²) in [5.74, 6) is -2.64. The third-order valence-electron chi connectivity index (χ3n) is 7.26. The summed E-state index contributed by atoms with van der Waals surface area (Å²) in [6.45, 7) is 17.9. The molecule has 2 unspecified atom stereocenters. The van der Waals surface area contributed by atoms with Gasteiger partial charge in [0.25, 0.3) is 0 Å². The number of likely N-dealkylation sites (tertiary alicyclic amines) is 1.